The number of rotatable bonds is 7. The monoisotopic (exact) mass is 436 g/mol. The molecule has 0 radical (unpaired) electrons. The summed E-state index contributed by atoms with van der Waals surface area (Å²) in [6, 6.07) is 15.8. The van der Waals surface area contributed by atoms with Crippen molar-refractivity contribution in [1.82, 2.24) is 14.4 Å². The SMILES string of the molecule is CCc1ccccc1NC(=O)CN1CCN(C(=O)c2cccn2Cc2cccs2)CC1. The molecular formula is C24H28N4O2S. The maximum atomic E-state index is 13.1. The summed E-state index contributed by atoms with van der Waals surface area (Å²) in [7, 11) is 0. The van der Waals surface area contributed by atoms with Crippen LogP contribution in [0.2, 0.25) is 0 Å². The number of nitrogens with one attached hydrogen (secondary N) is 1. The molecule has 0 atom stereocenters. The number of aryl methyl sites for hydroxylation is 1. The van der Waals surface area contributed by atoms with Crippen molar-refractivity contribution in [3.63, 3.8) is 0 Å². The Labute approximate surface area is 187 Å². The summed E-state index contributed by atoms with van der Waals surface area (Å²) in [4.78, 5) is 30.8. The van der Waals surface area contributed by atoms with E-state index in [0.717, 1.165) is 23.4 Å². The molecule has 31 heavy (non-hydrogen) atoms. The molecule has 1 saturated heterocycles. The fourth-order valence-electron chi connectivity index (χ4n) is 3.93. The minimum atomic E-state index is -0.00880. The van der Waals surface area contributed by atoms with Crippen molar-refractivity contribution in [3.05, 3.63) is 76.2 Å². The fourth-order valence-corrected chi connectivity index (χ4v) is 4.63. The van der Waals surface area contributed by atoms with Gasteiger partial charge < -0.3 is 14.8 Å². The van der Waals surface area contributed by atoms with Crippen LogP contribution in [0.1, 0.15) is 27.9 Å². The lowest BCUT2D eigenvalue weighted by Crippen LogP contribution is -2.50. The predicted octanol–water partition coefficient (Wildman–Crippen LogP) is 3.56. The fraction of sp³-hybridized carbons (Fsp3) is 0.333. The van der Waals surface area contributed by atoms with Crippen molar-refractivity contribution in [2.24, 2.45) is 0 Å². The summed E-state index contributed by atoms with van der Waals surface area (Å²) in [6.07, 6.45) is 2.84. The third-order valence-corrected chi connectivity index (χ3v) is 6.52. The zero-order valence-corrected chi connectivity index (χ0v) is 18.6. The van der Waals surface area contributed by atoms with E-state index in [1.165, 1.54) is 4.88 Å². The Kier molecular flexibility index (Phi) is 6.84. The van der Waals surface area contributed by atoms with Gasteiger partial charge in [-0.3, -0.25) is 14.5 Å². The van der Waals surface area contributed by atoms with Gasteiger partial charge in [0, 0.05) is 42.9 Å². The number of carbonyl (C=O) groups excluding carboxylic acids is 2. The summed E-state index contributed by atoms with van der Waals surface area (Å²) in [5.41, 5.74) is 2.74. The third kappa shape index (κ3) is 5.24. The van der Waals surface area contributed by atoms with Crippen LogP contribution in [0.15, 0.2) is 60.1 Å². The van der Waals surface area contributed by atoms with Crippen LogP contribution in [0.25, 0.3) is 0 Å². The Morgan fingerprint density at radius 3 is 2.55 bits per heavy atom. The number of hydrogen-bond donors (Lipinski definition) is 1. The molecule has 6 nitrogen and oxygen atoms in total. The first-order valence-corrected chi connectivity index (χ1v) is 11.6. The van der Waals surface area contributed by atoms with Crippen LogP contribution in [-0.2, 0) is 17.8 Å². The molecule has 162 valence electrons. The summed E-state index contributed by atoms with van der Waals surface area (Å²) in [6.45, 7) is 5.78. The lowest BCUT2D eigenvalue weighted by molar-refractivity contribution is -0.117. The van der Waals surface area contributed by atoms with Gasteiger partial charge in [-0.25, -0.2) is 0 Å². The number of benzene rings is 1. The van der Waals surface area contributed by atoms with E-state index in [1.54, 1.807) is 11.3 Å². The van der Waals surface area contributed by atoms with Gasteiger partial charge in [0.15, 0.2) is 0 Å². The topological polar surface area (TPSA) is 57.6 Å². The van der Waals surface area contributed by atoms with Gasteiger partial charge in [0.2, 0.25) is 5.91 Å². The van der Waals surface area contributed by atoms with Gasteiger partial charge in [-0.1, -0.05) is 31.2 Å². The maximum absolute atomic E-state index is 13.1. The number of nitrogens with zero attached hydrogens (tertiary/aromatic N) is 3. The van der Waals surface area contributed by atoms with Crippen LogP contribution in [0.3, 0.4) is 0 Å². The molecule has 0 spiro atoms. The van der Waals surface area contributed by atoms with Crippen LogP contribution in [0.4, 0.5) is 5.69 Å². The number of amides is 2. The molecule has 3 aromatic rings. The van der Waals surface area contributed by atoms with Crippen molar-refractivity contribution >= 4 is 28.8 Å². The van der Waals surface area contributed by atoms with Crippen LogP contribution >= 0.6 is 11.3 Å². The zero-order chi connectivity index (χ0) is 21.6. The highest BCUT2D eigenvalue weighted by molar-refractivity contribution is 7.09. The quantitative estimate of drug-likeness (QED) is 0.616. The predicted molar refractivity (Wildman–Crippen MR) is 125 cm³/mol. The standard InChI is InChI=1S/C24H28N4O2S/c1-2-19-7-3-4-9-21(19)25-23(29)18-26-12-14-27(15-13-26)24(30)22-10-5-11-28(22)17-20-8-6-16-31-20/h3-11,16H,2,12-15,17-18H2,1H3,(H,25,29). The van der Waals surface area contributed by atoms with E-state index in [-0.39, 0.29) is 11.8 Å². The Bertz CT molecular complexity index is 1020. The van der Waals surface area contributed by atoms with Crippen molar-refractivity contribution in [1.29, 1.82) is 0 Å². The van der Waals surface area contributed by atoms with Crippen molar-refractivity contribution in [2.75, 3.05) is 38.0 Å². The van der Waals surface area contributed by atoms with Crippen molar-refractivity contribution in [3.8, 4) is 0 Å². The van der Waals surface area contributed by atoms with Crippen LogP contribution in [-0.4, -0.2) is 58.9 Å². The Morgan fingerprint density at radius 2 is 1.81 bits per heavy atom. The number of hydrogen-bond acceptors (Lipinski definition) is 4. The average Bonchev–Trinajstić information content (AvgIpc) is 3.47. The van der Waals surface area contributed by atoms with Gasteiger partial charge in [0.05, 0.1) is 13.1 Å². The highest BCUT2D eigenvalue weighted by atomic mass is 32.1. The van der Waals surface area contributed by atoms with Gasteiger partial charge in [-0.2, -0.15) is 0 Å². The number of anilines is 1. The minimum Gasteiger partial charge on any atom is -0.338 e. The number of aromatic nitrogens is 1. The highest BCUT2D eigenvalue weighted by Gasteiger charge is 2.25. The molecule has 2 amide bonds. The Hall–Kier alpha value is -2.90. The molecule has 0 bridgehead atoms. The lowest BCUT2D eigenvalue weighted by Gasteiger charge is -2.34. The van der Waals surface area contributed by atoms with Gasteiger partial charge in [-0.05, 0) is 41.6 Å². The van der Waals surface area contributed by atoms with Gasteiger partial charge in [0.1, 0.15) is 5.69 Å². The Balaban J connectivity index is 1.29. The van der Waals surface area contributed by atoms with E-state index in [4.69, 9.17) is 0 Å². The summed E-state index contributed by atoms with van der Waals surface area (Å²) in [5, 5.41) is 5.08. The highest BCUT2D eigenvalue weighted by Crippen LogP contribution is 2.17. The summed E-state index contributed by atoms with van der Waals surface area (Å²) < 4.78 is 2.01. The molecule has 4 rings (SSSR count). The molecule has 3 heterocycles. The van der Waals surface area contributed by atoms with E-state index < -0.39 is 0 Å². The molecule has 1 aliphatic rings. The molecule has 0 aliphatic carbocycles. The zero-order valence-electron chi connectivity index (χ0n) is 17.8. The largest absolute Gasteiger partial charge is 0.338 e. The molecular weight excluding hydrogens is 408 g/mol. The molecule has 0 saturated carbocycles. The smallest absolute Gasteiger partial charge is 0.270 e. The number of thiophene rings is 1. The van der Waals surface area contributed by atoms with Gasteiger partial charge in [0.25, 0.3) is 5.91 Å². The summed E-state index contributed by atoms with van der Waals surface area (Å²) in [5.74, 6) is 0.0491. The third-order valence-electron chi connectivity index (χ3n) is 5.65. The lowest BCUT2D eigenvalue weighted by atomic mass is 10.1. The Morgan fingerprint density at radius 1 is 1.00 bits per heavy atom. The molecule has 7 heteroatoms. The normalized spacial score (nSPS) is 14.5. The second kappa shape index (κ2) is 9.94. The molecule has 1 aliphatic heterocycles. The van der Waals surface area contributed by atoms with E-state index in [2.05, 4.69) is 28.6 Å². The van der Waals surface area contributed by atoms with Crippen LogP contribution in [0.5, 0.6) is 0 Å². The van der Waals surface area contributed by atoms with Gasteiger partial charge >= 0.3 is 0 Å². The van der Waals surface area contributed by atoms with Crippen LogP contribution < -0.4 is 5.32 Å². The van der Waals surface area contributed by atoms with Gasteiger partial charge in [-0.15, -0.1) is 11.3 Å². The average molecular weight is 437 g/mol. The molecule has 0 unspecified atom stereocenters. The second-order valence-electron chi connectivity index (χ2n) is 7.73. The van der Waals surface area contributed by atoms with Crippen LogP contribution in [0, 0.1) is 0 Å². The second-order valence-corrected chi connectivity index (χ2v) is 8.76. The van der Waals surface area contributed by atoms with E-state index in [9.17, 15) is 9.59 Å². The molecule has 1 N–H and O–H groups in total. The first kappa shape index (κ1) is 21.3. The van der Waals surface area contributed by atoms with Crippen molar-refractivity contribution in [2.45, 2.75) is 19.9 Å². The van der Waals surface area contributed by atoms with E-state index in [1.807, 2.05) is 58.1 Å². The first-order chi connectivity index (χ1) is 15.1. The molecule has 1 aromatic carbocycles. The van der Waals surface area contributed by atoms with E-state index in [0.29, 0.717) is 39.3 Å². The van der Waals surface area contributed by atoms with Crippen molar-refractivity contribution < 1.29 is 9.59 Å². The number of piperazine rings is 1. The minimum absolute atomic E-state index is 0.00880. The molecule has 1 fully saturated rings. The first-order valence-electron chi connectivity index (χ1n) is 10.7. The summed E-state index contributed by atoms with van der Waals surface area (Å²) >= 11 is 1.70. The number of para-hydroxylation sites is 1. The molecule has 2 aromatic heterocycles. The maximum Gasteiger partial charge on any atom is 0.270 e. The van der Waals surface area contributed by atoms with E-state index >= 15 is 0 Å². The number of carbonyl (C=O) groups is 2.